The Bertz CT molecular complexity index is 122. The van der Waals surface area contributed by atoms with Crippen LogP contribution in [0, 0.1) is 5.92 Å². The van der Waals surface area contributed by atoms with Crippen LogP contribution in [0.2, 0.25) is 0 Å². The van der Waals surface area contributed by atoms with E-state index in [1.165, 1.54) is 0 Å². The quantitative estimate of drug-likeness (QED) is 0.615. The lowest BCUT2D eigenvalue weighted by Crippen LogP contribution is -2.14. The molecule has 1 N–H and O–H groups in total. The number of hydrogen-bond acceptors (Lipinski definition) is 1. The van der Waals surface area contributed by atoms with Crippen molar-refractivity contribution in [3.63, 3.8) is 0 Å². The van der Waals surface area contributed by atoms with Crippen molar-refractivity contribution in [1.29, 1.82) is 0 Å². The summed E-state index contributed by atoms with van der Waals surface area (Å²) in [6.07, 6.45) is 3.41. The number of carbonyl (C=O) groups is 1. The summed E-state index contributed by atoms with van der Waals surface area (Å²) in [5, 5.41) is 2.49. The Labute approximate surface area is 71.2 Å². The number of rotatable bonds is 2. The number of allylic oxidation sites excluding steroid dienone is 1. The van der Waals surface area contributed by atoms with Crippen LogP contribution in [0.5, 0.6) is 0 Å². The Morgan fingerprint density at radius 2 is 1.91 bits per heavy atom. The molecule has 0 aliphatic rings. The Morgan fingerprint density at radius 1 is 1.45 bits per heavy atom. The maximum Gasteiger partial charge on any atom is 0.243 e. The van der Waals surface area contributed by atoms with Gasteiger partial charge in [-0.3, -0.25) is 4.79 Å². The molecule has 2 nitrogen and oxygen atoms in total. The minimum atomic E-state index is -0.0382. The third kappa shape index (κ3) is 12.4. The molecule has 0 aliphatic heterocycles. The molecule has 0 heterocycles. The summed E-state index contributed by atoms with van der Waals surface area (Å²) in [5.41, 5.74) is 0. The van der Waals surface area contributed by atoms with Gasteiger partial charge in [-0.15, -0.1) is 0 Å². The predicted molar refractivity (Wildman–Crippen MR) is 51.5 cm³/mol. The fourth-order valence-electron chi connectivity index (χ4n) is 0.363. The van der Waals surface area contributed by atoms with Gasteiger partial charge in [-0.1, -0.05) is 33.8 Å². The van der Waals surface area contributed by atoms with Gasteiger partial charge in [0.05, 0.1) is 0 Å². The summed E-state index contributed by atoms with van der Waals surface area (Å²) in [7, 11) is 1.62. The Hall–Kier alpha value is -0.790. The van der Waals surface area contributed by atoms with Crippen LogP contribution in [-0.4, -0.2) is 13.0 Å². The van der Waals surface area contributed by atoms with E-state index in [4.69, 9.17) is 0 Å². The van der Waals surface area contributed by atoms with Gasteiger partial charge in [0.15, 0.2) is 0 Å². The first-order valence-electron chi connectivity index (χ1n) is 4.06. The van der Waals surface area contributed by atoms with Crippen LogP contribution in [-0.2, 0) is 4.79 Å². The molecule has 0 rings (SSSR count). The monoisotopic (exact) mass is 159 g/mol. The standard InChI is InChI=1S/C7H13NO.C2H6.H2/c1-6(2)4-5-7(9)8-3;1-2;/h4-6H,1-3H3,(H,8,9);1-2H3;1H/b5-4+;;. The first-order valence-corrected chi connectivity index (χ1v) is 4.06. The van der Waals surface area contributed by atoms with E-state index in [9.17, 15) is 4.79 Å². The molecule has 0 saturated carbocycles. The summed E-state index contributed by atoms with van der Waals surface area (Å²) in [4.78, 5) is 10.5. The minimum absolute atomic E-state index is 0. The Balaban J connectivity index is -0.000000249. The summed E-state index contributed by atoms with van der Waals surface area (Å²) in [6.45, 7) is 8.05. The molecular weight excluding hydrogens is 138 g/mol. The van der Waals surface area contributed by atoms with Crippen LogP contribution >= 0.6 is 0 Å². The Kier molecular flexibility index (Phi) is 10.8. The fraction of sp³-hybridized carbons (Fsp3) is 0.667. The average molecular weight is 159 g/mol. The van der Waals surface area contributed by atoms with Gasteiger partial charge in [-0.05, 0) is 12.0 Å². The van der Waals surface area contributed by atoms with E-state index in [0.717, 1.165) is 0 Å². The van der Waals surface area contributed by atoms with Crippen molar-refractivity contribution in [2.75, 3.05) is 7.05 Å². The third-order valence-corrected chi connectivity index (χ3v) is 0.879. The lowest BCUT2D eigenvalue weighted by Gasteiger charge is -1.92. The highest BCUT2D eigenvalue weighted by atomic mass is 16.1. The van der Waals surface area contributed by atoms with Gasteiger partial charge in [-0.2, -0.15) is 0 Å². The number of amides is 1. The van der Waals surface area contributed by atoms with Crippen LogP contribution in [0.15, 0.2) is 12.2 Å². The van der Waals surface area contributed by atoms with Gasteiger partial charge in [0.2, 0.25) is 5.91 Å². The van der Waals surface area contributed by atoms with Gasteiger partial charge in [0.1, 0.15) is 0 Å². The number of likely N-dealkylation sites (N-methyl/N-ethyl adjacent to an activating group) is 1. The second-order valence-electron chi connectivity index (χ2n) is 2.22. The van der Waals surface area contributed by atoms with E-state index < -0.39 is 0 Å². The fourth-order valence-corrected chi connectivity index (χ4v) is 0.363. The van der Waals surface area contributed by atoms with Crippen molar-refractivity contribution < 1.29 is 6.22 Å². The van der Waals surface area contributed by atoms with Crippen LogP contribution in [0.25, 0.3) is 0 Å². The first-order chi connectivity index (χ1) is 5.16. The number of hydrogen-bond donors (Lipinski definition) is 1. The highest BCUT2D eigenvalue weighted by Gasteiger charge is 1.88. The molecule has 0 bridgehead atoms. The van der Waals surface area contributed by atoms with Crippen LogP contribution in [0.1, 0.15) is 29.1 Å². The molecule has 1 amide bonds. The predicted octanol–water partition coefficient (Wildman–Crippen LogP) is 2.22. The molecule has 0 radical (unpaired) electrons. The van der Waals surface area contributed by atoms with Gasteiger partial charge in [0.25, 0.3) is 0 Å². The molecule has 0 aromatic heterocycles. The minimum Gasteiger partial charge on any atom is -0.356 e. The molecule has 68 valence electrons. The molecule has 0 spiro atoms. The molecule has 0 saturated heterocycles. The van der Waals surface area contributed by atoms with Gasteiger partial charge in [0, 0.05) is 8.47 Å². The molecule has 0 aromatic rings. The van der Waals surface area contributed by atoms with E-state index >= 15 is 0 Å². The van der Waals surface area contributed by atoms with Crippen molar-refractivity contribution >= 4 is 5.91 Å². The summed E-state index contributed by atoms with van der Waals surface area (Å²) in [6, 6.07) is 0. The maximum absolute atomic E-state index is 10.5. The summed E-state index contributed by atoms with van der Waals surface area (Å²) >= 11 is 0. The molecule has 2 heteroatoms. The topological polar surface area (TPSA) is 29.1 Å². The zero-order valence-corrected chi connectivity index (χ0v) is 8.14. The second-order valence-corrected chi connectivity index (χ2v) is 2.22. The average Bonchev–Trinajstić information content (AvgIpc) is 2.04. The van der Waals surface area contributed by atoms with Crippen molar-refractivity contribution in [3.05, 3.63) is 12.2 Å². The van der Waals surface area contributed by atoms with Crippen molar-refractivity contribution in [2.45, 2.75) is 27.7 Å². The number of nitrogens with one attached hydrogen (secondary N) is 1. The van der Waals surface area contributed by atoms with Crippen LogP contribution in [0.3, 0.4) is 0 Å². The maximum atomic E-state index is 10.5. The van der Waals surface area contributed by atoms with Crippen molar-refractivity contribution in [3.8, 4) is 0 Å². The van der Waals surface area contributed by atoms with Crippen molar-refractivity contribution in [1.82, 2.24) is 5.32 Å². The molecule has 11 heavy (non-hydrogen) atoms. The van der Waals surface area contributed by atoms with Gasteiger partial charge >= 0.3 is 0 Å². The Morgan fingerprint density at radius 3 is 2.18 bits per heavy atom. The smallest absolute Gasteiger partial charge is 0.243 e. The zero-order valence-electron chi connectivity index (χ0n) is 8.14. The SMILES string of the molecule is CC.CNC(=O)/C=C/C(C)C.[HH]. The van der Waals surface area contributed by atoms with E-state index in [2.05, 4.69) is 5.32 Å². The van der Waals surface area contributed by atoms with Gasteiger partial charge < -0.3 is 5.32 Å². The second kappa shape index (κ2) is 9.21. The molecular formula is C9H21NO. The molecule has 0 unspecified atom stereocenters. The highest BCUT2D eigenvalue weighted by molar-refractivity contribution is 5.87. The lowest BCUT2D eigenvalue weighted by atomic mass is 10.2. The normalized spacial score (nSPS) is 9.27. The molecule has 0 fully saturated rings. The van der Waals surface area contributed by atoms with E-state index in [0.29, 0.717) is 5.92 Å². The van der Waals surface area contributed by atoms with Gasteiger partial charge in [-0.25, -0.2) is 0 Å². The van der Waals surface area contributed by atoms with Crippen LogP contribution < -0.4 is 5.32 Å². The van der Waals surface area contributed by atoms with Crippen molar-refractivity contribution in [2.24, 2.45) is 5.92 Å². The summed E-state index contributed by atoms with van der Waals surface area (Å²) < 4.78 is 0. The third-order valence-electron chi connectivity index (χ3n) is 0.879. The lowest BCUT2D eigenvalue weighted by molar-refractivity contribution is -0.116. The summed E-state index contributed by atoms with van der Waals surface area (Å²) in [5.74, 6) is 0.408. The van der Waals surface area contributed by atoms with Crippen LogP contribution in [0.4, 0.5) is 0 Å². The number of carbonyl (C=O) groups excluding carboxylic acids is 1. The highest BCUT2D eigenvalue weighted by Crippen LogP contribution is 1.91. The van der Waals surface area contributed by atoms with E-state index in [-0.39, 0.29) is 7.33 Å². The molecule has 0 aromatic carbocycles. The first kappa shape index (κ1) is 12.8. The van der Waals surface area contributed by atoms with E-state index in [1.807, 2.05) is 33.8 Å². The zero-order chi connectivity index (χ0) is 9.28. The largest absolute Gasteiger partial charge is 0.356 e. The van der Waals surface area contributed by atoms with E-state index in [1.54, 1.807) is 13.1 Å². The molecule has 0 aliphatic carbocycles. The molecule has 0 atom stereocenters.